The molecule has 0 saturated carbocycles. The van der Waals surface area contributed by atoms with Crippen LogP contribution >= 0.6 is 0 Å². The molecule has 0 N–H and O–H groups in total. The minimum Gasteiger partial charge on any atom is -0.293 e. The molecule has 1 spiro atoms. The van der Waals surface area contributed by atoms with Gasteiger partial charge in [0.15, 0.2) is 5.78 Å². The van der Waals surface area contributed by atoms with Gasteiger partial charge in [-0.15, -0.1) is 0 Å². The van der Waals surface area contributed by atoms with Crippen molar-refractivity contribution in [3.63, 3.8) is 0 Å². The molecule has 2 aromatic carbocycles. The molecule has 1 heterocycles. The summed E-state index contributed by atoms with van der Waals surface area (Å²) in [6.07, 6.45) is 0.744. The third-order valence-corrected chi connectivity index (χ3v) is 4.37. The molecule has 1 aliphatic heterocycles. The minimum atomic E-state index is -0.541. The van der Waals surface area contributed by atoms with Gasteiger partial charge in [0.25, 0.3) is 0 Å². The van der Waals surface area contributed by atoms with E-state index in [-0.39, 0.29) is 5.78 Å². The van der Waals surface area contributed by atoms with Crippen molar-refractivity contribution in [3.8, 4) is 0 Å². The van der Waals surface area contributed by atoms with Gasteiger partial charge < -0.3 is 0 Å². The van der Waals surface area contributed by atoms with Gasteiger partial charge in [0.2, 0.25) is 0 Å². The van der Waals surface area contributed by atoms with Crippen LogP contribution in [0.1, 0.15) is 28.4 Å². The summed E-state index contributed by atoms with van der Waals surface area (Å²) in [6.45, 7) is 1.98. The highest BCUT2D eigenvalue weighted by Gasteiger charge is 2.52. The van der Waals surface area contributed by atoms with Gasteiger partial charge in [0.1, 0.15) is 5.41 Å². The molecule has 1 aliphatic carbocycles. The van der Waals surface area contributed by atoms with Crippen molar-refractivity contribution in [2.45, 2.75) is 18.8 Å². The van der Waals surface area contributed by atoms with Crippen molar-refractivity contribution in [2.75, 3.05) is 0 Å². The molecule has 0 fully saturated rings. The van der Waals surface area contributed by atoms with Gasteiger partial charge in [0.05, 0.1) is 5.69 Å². The monoisotopic (exact) mass is 247 g/mol. The Hall–Kier alpha value is -2.22. The molecule has 2 heteroatoms. The van der Waals surface area contributed by atoms with E-state index in [1.54, 1.807) is 0 Å². The van der Waals surface area contributed by atoms with Crippen LogP contribution in [0, 0.1) is 0 Å². The van der Waals surface area contributed by atoms with Crippen LogP contribution in [-0.4, -0.2) is 11.5 Å². The number of hydrogen-bond donors (Lipinski definition) is 0. The van der Waals surface area contributed by atoms with E-state index >= 15 is 0 Å². The second-order valence-electron chi connectivity index (χ2n) is 5.28. The fourth-order valence-electron chi connectivity index (χ4n) is 3.40. The van der Waals surface area contributed by atoms with Crippen molar-refractivity contribution >= 4 is 17.2 Å². The molecular weight excluding hydrogens is 234 g/mol. The smallest absolute Gasteiger partial charge is 0.179 e. The number of ketones is 1. The van der Waals surface area contributed by atoms with Crippen LogP contribution in [0.25, 0.3) is 0 Å². The molecule has 92 valence electrons. The van der Waals surface area contributed by atoms with Gasteiger partial charge >= 0.3 is 0 Å². The van der Waals surface area contributed by atoms with Crippen LogP contribution in [0.15, 0.2) is 53.5 Å². The quantitative estimate of drug-likeness (QED) is 0.701. The fourth-order valence-corrected chi connectivity index (χ4v) is 3.40. The number of para-hydroxylation sites is 1. The number of fused-ring (bicyclic) bond motifs is 3. The summed E-state index contributed by atoms with van der Waals surface area (Å²) in [7, 11) is 0. The zero-order chi connectivity index (χ0) is 13.0. The number of benzene rings is 2. The highest BCUT2D eigenvalue weighted by Crippen LogP contribution is 2.48. The number of carbonyl (C=O) groups excluding carboxylic acids is 1. The maximum absolute atomic E-state index is 12.9. The lowest BCUT2D eigenvalue weighted by atomic mass is 9.75. The third-order valence-electron chi connectivity index (χ3n) is 4.37. The van der Waals surface area contributed by atoms with Crippen molar-refractivity contribution < 1.29 is 4.79 Å². The molecule has 0 bridgehead atoms. The predicted octanol–water partition coefficient (Wildman–Crippen LogP) is 3.47. The van der Waals surface area contributed by atoms with E-state index < -0.39 is 5.41 Å². The summed E-state index contributed by atoms with van der Waals surface area (Å²) in [4.78, 5) is 17.5. The van der Waals surface area contributed by atoms with E-state index in [1.807, 2.05) is 49.4 Å². The normalized spacial score (nSPS) is 23.4. The number of aliphatic imine (C=N–C) groups is 1. The summed E-state index contributed by atoms with van der Waals surface area (Å²) in [5.41, 5.74) is 4.39. The Morgan fingerprint density at radius 2 is 1.79 bits per heavy atom. The van der Waals surface area contributed by atoms with E-state index in [0.29, 0.717) is 0 Å². The van der Waals surface area contributed by atoms with E-state index in [4.69, 9.17) is 0 Å². The van der Waals surface area contributed by atoms with Gasteiger partial charge in [0, 0.05) is 11.3 Å². The number of nitrogens with zero attached hydrogens (tertiary/aromatic N) is 1. The van der Waals surface area contributed by atoms with E-state index in [1.165, 1.54) is 0 Å². The summed E-state index contributed by atoms with van der Waals surface area (Å²) >= 11 is 0. The molecule has 2 aromatic rings. The van der Waals surface area contributed by atoms with E-state index in [2.05, 4.69) is 11.1 Å². The maximum Gasteiger partial charge on any atom is 0.179 e. The molecule has 0 saturated heterocycles. The molecule has 4 rings (SSSR count). The standard InChI is InChI=1S/C17H13NO/c1-11-17(14-8-4-5-9-15(14)18-11)10-12-6-2-3-7-13(12)16(17)19/h2-9H,10H2,1H3/t17-/m1/s1. The lowest BCUT2D eigenvalue weighted by Gasteiger charge is -2.23. The fraction of sp³-hybridized carbons (Fsp3) is 0.176. The summed E-state index contributed by atoms with van der Waals surface area (Å²) < 4.78 is 0. The number of hydrogen-bond acceptors (Lipinski definition) is 2. The minimum absolute atomic E-state index is 0.203. The van der Waals surface area contributed by atoms with Crippen molar-refractivity contribution in [3.05, 3.63) is 65.2 Å². The Labute approximate surface area is 111 Å². The van der Waals surface area contributed by atoms with Gasteiger partial charge in [-0.05, 0) is 30.5 Å². The van der Waals surface area contributed by atoms with Crippen molar-refractivity contribution in [2.24, 2.45) is 4.99 Å². The summed E-state index contributed by atoms with van der Waals surface area (Å²) in [6, 6.07) is 15.9. The van der Waals surface area contributed by atoms with Gasteiger partial charge in [-0.25, -0.2) is 0 Å². The highest BCUT2D eigenvalue weighted by molar-refractivity contribution is 6.26. The first-order valence-electron chi connectivity index (χ1n) is 6.51. The molecule has 0 unspecified atom stereocenters. The SMILES string of the molecule is CC1=Nc2ccccc2[C@@]12Cc1ccccc1C2=O. The first-order chi connectivity index (χ1) is 9.23. The maximum atomic E-state index is 12.9. The summed E-state index contributed by atoms with van der Waals surface area (Å²) in [5.74, 6) is 0.203. The Bertz CT molecular complexity index is 744. The number of Topliss-reactive ketones (excluding diaryl/α,β-unsaturated/α-hetero) is 1. The Morgan fingerprint density at radius 1 is 1.05 bits per heavy atom. The Morgan fingerprint density at radius 3 is 2.63 bits per heavy atom. The Kier molecular flexibility index (Phi) is 1.92. The van der Waals surface area contributed by atoms with Gasteiger partial charge in [-0.3, -0.25) is 9.79 Å². The zero-order valence-corrected chi connectivity index (χ0v) is 10.7. The highest BCUT2D eigenvalue weighted by atomic mass is 16.1. The molecule has 0 amide bonds. The van der Waals surface area contributed by atoms with Crippen LogP contribution in [0.2, 0.25) is 0 Å². The number of carbonyl (C=O) groups is 1. The first kappa shape index (κ1) is 10.7. The van der Waals surface area contributed by atoms with Crippen LogP contribution in [-0.2, 0) is 11.8 Å². The number of rotatable bonds is 0. The van der Waals surface area contributed by atoms with Crippen LogP contribution in [0.3, 0.4) is 0 Å². The third kappa shape index (κ3) is 1.16. The van der Waals surface area contributed by atoms with Crippen LogP contribution in [0.4, 0.5) is 5.69 Å². The van der Waals surface area contributed by atoms with Crippen LogP contribution < -0.4 is 0 Å². The largest absolute Gasteiger partial charge is 0.293 e. The molecule has 1 atom stereocenters. The van der Waals surface area contributed by atoms with Crippen molar-refractivity contribution in [1.29, 1.82) is 0 Å². The molecule has 19 heavy (non-hydrogen) atoms. The second kappa shape index (κ2) is 3.41. The van der Waals surface area contributed by atoms with Crippen molar-refractivity contribution in [1.82, 2.24) is 0 Å². The zero-order valence-electron chi connectivity index (χ0n) is 10.7. The molecule has 0 radical (unpaired) electrons. The topological polar surface area (TPSA) is 29.4 Å². The lowest BCUT2D eigenvalue weighted by molar-refractivity contribution is 0.0946. The average molecular weight is 247 g/mol. The lowest BCUT2D eigenvalue weighted by Crippen LogP contribution is -2.37. The summed E-state index contributed by atoms with van der Waals surface area (Å²) in [5, 5.41) is 0. The predicted molar refractivity (Wildman–Crippen MR) is 75.4 cm³/mol. The Balaban J connectivity index is 2.00. The molecular formula is C17H13NO. The van der Waals surface area contributed by atoms with Crippen LogP contribution in [0.5, 0.6) is 0 Å². The van der Waals surface area contributed by atoms with Gasteiger partial charge in [-0.2, -0.15) is 0 Å². The molecule has 0 aromatic heterocycles. The molecule has 2 aliphatic rings. The average Bonchev–Trinajstić information content (AvgIpc) is 2.89. The van der Waals surface area contributed by atoms with Gasteiger partial charge in [-0.1, -0.05) is 42.5 Å². The molecule has 2 nitrogen and oxygen atoms in total. The first-order valence-corrected chi connectivity index (χ1v) is 6.51. The second-order valence-corrected chi connectivity index (χ2v) is 5.28. The van der Waals surface area contributed by atoms with E-state index in [9.17, 15) is 4.79 Å². The van der Waals surface area contributed by atoms with E-state index in [0.717, 1.165) is 34.5 Å².